The number of thioether (sulfide) groups is 1. The topological polar surface area (TPSA) is 44.5 Å². The zero-order valence-corrected chi connectivity index (χ0v) is 13.1. The fraction of sp³-hybridized carbons (Fsp3) is 0.625. The summed E-state index contributed by atoms with van der Waals surface area (Å²) in [5.74, 6) is 2.65. The van der Waals surface area contributed by atoms with E-state index in [4.69, 9.17) is 15.2 Å². The minimum absolute atomic E-state index is 0.0118. The maximum absolute atomic E-state index is 13.4. The largest absolute Gasteiger partial charge is 0.490 e. The normalized spacial score (nSPS) is 30.5. The Hall–Kier alpha value is -0.780. The summed E-state index contributed by atoms with van der Waals surface area (Å²) in [4.78, 5) is 0. The molecular formula is C16H22FNO2S. The molecule has 21 heavy (non-hydrogen) atoms. The molecule has 0 aliphatic carbocycles. The number of hydrogen-bond acceptors (Lipinski definition) is 4. The van der Waals surface area contributed by atoms with Gasteiger partial charge in [-0.1, -0.05) is 0 Å². The second kappa shape index (κ2) is 6.15. The van der Waals surface area contributed by atoms with E-state index in [2.05, 4.69) is 0 Å². The first-order valence-electron chi connectivity index (χ1n) is 7.51. The Kier molecular flexibility index (Phi) is 4.43. The smallest absolute Gasteiger partial charge is 0.124 e. The lowest BCUT2D eigenvalue weighted by Gasteiger charge is -2.38. The van der Waals surface area contributed by atoms with Crippen molar-refractivity contribution >= 4 is 11.8 Å². The first-order valence-corrected chi connectivity index (χ1v) is 8.67. The highest BCUT2D eigenvalue weighted by molar-refractivity contribution is 7.99. The van der Waals surface area contributed by atoms with Gasteiger partial charge in [0.2, 0.25) is 0 Å². The molecule has 2 fully saturated rings. The van der Waals surface area contributed by atoms with Crippen molar-refractivity contribution in [1.29, 1.82) is 0 Å². The molecule has 2 heterocycles. The van der Waals surface area contributed by atoms with Gasteiger partial charge >= 0.3 is 0 Å². The average molecular weight is 311 g/mol. The fourth-order valence-electron chi connectivity index (χ4n) is 3.11. The molecule has 1 spiro atoms. The van der Waals surface area contributed by atoms with Gasteiger partial charge in [0.05, 0.1) is 12.2 Å². The van der Waals surface area contributed by atoms with E-state index in [-0.39, 0.29) is 23.6 Å². The predicted octanol–water partition coefficient (Wildman–Crippen LogP) is 3.28. The van der Waals surface area contributed by atoms with Crippen LogP contribution < -0.4 is 10.5 Å². The van der Waals surface area contributed by atoms with Crippen LogP contribution in [0.2, 0.25) is 0 Å². The highest BCUT2D eigenvalue weighted by Gasteiger charge is 2.41. The van der Waals surface area contributed by atoms with Crippen LogP contribution in [0.4, 0.5) is 4.39 Å². The van der Waals surface area contributed by atoms with E-state index in [0.717, 1.165) is 42.9 Å². The first kappa shape index (κ1) is 15.1. The fourth-order valence-corrected chi connectivity index (χ4v) is 4.49. The number of benzene rings is 1. The number of nitrogens with two attached hydrogens (primary N) is 1. The van der Waals surface area contributed by atoms with Gasteiger partial charge in [0.25, 0.3) is 0 Å². The van der Waals surface area contributed by atoms with Crippen molar-refractivity contribution in [1.82, 2.24) is 0 Å². The third-order valence-electron chi connectivity index (χ3n) is 4.27. The van der Waals surface area contributed by atoms with E-state index in [1.807, 2.05) is 18.7 Å². The molecule has 3 nitrogen and oxygen atoms in total. The van der Waals surface area contributed by atoms with Gasteiger partial charge in [0.1, 0.15) is 17.7 Å². The summed E-state index contributed by atoms with van der Waals surface area (Å²) in [5.41, 5.74) is 6.65. The van der Waals surface area contributed by atoms with Crippen LogP contribution in [-0.4, -0.2) is 29.8 Å². The number of rotatable bonds is 3. The second-order valence-electron chi connectivity index (χ2n) is 6.04. The molecular weight excluding hydrogens is 289 g/mol. The molecule has 0 saturated carbocycles. The summed E-state index contributed by atoms with van der Waals surface area (Å²) >= 11 is 1.95. The molecule has 3 rings (SSSR count). The van der Waals surface area contributed by atoms with Crippen LogP contribution in [0, 0.1) is 5.82 Å². The third-order valence-corrected chi connectivity index (χ3v) is 5.49. The van der Waals surface area contributed by atoms with Crippen molar-refractivity contribution in [2.75, 3.05) is 18.1 Å². The highest BCUT2D eigenvalue weighted by Crippen LogP contribution is 2.39. The summed E-state index contributed by atoms with van der Waals surface area (Å²) in [6.45, 7) is 2.58. The number of halogens is 1. The molecule has 2 N–H and O–H groups in total. The molecule has 0 aromatic heterocycles. The van der Waals surface area contributed by atoms with E-state index in [9.17, 15) is 4.39 Å². The van der Waals surface area contributed by atoms with E-state index in [1.54, 1.807) is 6.07 Å². The van der Waals surface area contributed by atoms with Crippen molar-refractivity contribution in [2.45, 2.75) is 43.9 Å². The summed E-state index contributed by atoms with van der Waals surface area (Å²) in [6, 6.07) is 4.36. The van der Waals surface area contributed by atoms with E-state index >= 15 is 0 Å². The Morgan fingerprint density at radius 2 is 2.38 bits per heavy atom. The highest BCUT2D eigenvalue weighted by atomic mass is 32.2. The summed E-state index contributed by atoms with van der Waals surface area (Å²) in [7, 11) is 0. The molecule has 0 amide bonds. The van der Waals surface area contributed by atoms with Crippen molar-refractivity contribution in [3.63, 3.8) is 0 Å². The van der Waals surface area contributed by atoms with Crippen LogP contribution in [-0.2, 0) is 4.74 Å². The van der Waals surface area contributed by atoms with Crippen LogP contribution in [0.3, 0.4) is 0 Å². The second-order valence-corrected chi connectivity index (χ2v) is 7.14. The minimum Gasteiger partial charge on any atom is -0.490 e. The number of hydrogen-bond donors (Lipinski definition) is 1. The van der Waals surface area contributed by atoms with Gasteiger partial charge in [0.15, 0.2) is 0 Å². The van der Waals surface area contributed by atoms with Gasteiger partial charge in [-0.2, -0.15) is 11.8 Å². The average Bonchev–Trinajstić information content (AvgIpc) is 2.88. The molecule has 0 bridgehead atoms. The molecule has 3 atom stereocenters. The van der Waals surface area contributed by atoms with E-state index in [1.165, 1.54) is 12.1 Å². The van der Waals surface area contributed by atoms with Crippen LogP contribution in [0.25, 0.3) is 0 Å². The van der Waals surface area contributed by atoms with Gasteiger partial charge in [-0.25, -0.2) is 4.39 Å². The Labute approximate surface area is 129 Å². The quantitative estimate of drug-likeness (QED) is 0.930. The Balaban J connectivity index is 1.74. The lowest BCUT2D eigenvalue weighted by atomic mass is 9.91. The molecule has 2 aliphatic heterocycles. The molecule has 5 heteroatoms. The van der Waals surface area contributed by atoms with E-state index < -0.39 is 0 Å². The van der Waals surface area contributed by atoms with Crippen molar-refractivity contribution in [2.24, 2.45) is 5.73 Å². The van der Waals surface area contributed by atoms with E-state index in [0.29, 0.717) is 5.75 Å². The number of ether oxygens (including phenoxy) is 2. The Morgan fingerprint density at radius 1 is 1.52 bits per heavy atom. The van der Waals surface area contributed by atoms with Crippen LogP contribution in [0.5, 0.6) is 5.75 Å². The lowest BCUT2D eigenvalue weighted by molar-refractivity contribution is -0.0960. The van der Waals surface area contributed by atoms with Crippen LogP contribution >= 0.6 is 11.8 Å². The van der Waals surface area contributed by atoms with Crippen LogP contribution in [0.15, 0.2) is 18.2 Å². The first-order chi connectivity index (χ1) is 10.1. The van der Waals surface area contributed by atoms with Gasteiger partial charge in [-0.15, -0.1) is 0 Å². The lowest BCUT2D eigenvalue weighted by Crippen LogP contribution is -2.44. The maximum atomic E-state index is 13.4. The van der Waals surface area contributed by atoms with Gasteiger partial charge in [-0.3, -0.25) is 0 Å². The predicted molar refractivity (Wildman–Crippen MR) is 83.3 cm³/mol. The molecule has 116 valence electrons. The standard InChI is InChI=1S/C16H22FNO2S/c1-11(18)14-8-12(17)2-3-15(14)20-13-4-6-19-16(9-13)5-7-21-10-16/h2-3,8,11,13H,4-7,9-10,18H2,1H3/t11-,13?,16?/m0/s1. The zero-order chi connectivity index (χ0) is 14.9. The van der Waals surface area contributed by atoms with Gasteiger partial charge < -0.3 is 15.2 Å². The van der Waals surface area contributed by atoms with Crippen molar-refractivity contribution in [3.05, 3.63) is 29.6 Å². The third kappa shape index (κ3) is 3.35. The van der Waals surface area contributed by atoms with Crippen molar-refractivity contribution < 1.29 is 13.9 Å². The zero-order valence-electron chi connectivity index (χ0n) is 12.3. The SMILES string of the molecule is C[C@H](N)c1cc(F)ccc1OC1CCOC2(CCSC2)C1. The molecule has 0 radical (unpaired) electrons. The molecule has 1 aromatic carbocycles. The minimum atomic E-state index is -0.273. The van der Waals surface area contributed by atoms with Crippen LogP contribution in [0.1, 0.15) is 37.8 Å². The summed E-state index contributed by atoms with van der Waals surface area (Å²) in [6.07, 6.45) is 3.01. The molecule has 1 aromatic rings. The maximum Gasteiger partial charge on any atom is 0.124 e. The molecule has 2 unspecified atom stereocenters. The summed E-state index contributed by atoms with van der Waals surface area (Å²) in [5, 5.41) is 0. The van der Waals surface area contributed by atoms with Gasteiger partial charge in [0, 0.05) is 30.2 Å². The molecule has 2 aliphatic rings. The summed E-state index contributed by atoms with van der Waals surface area (Å²) < 4.78 is 25.6. The Morgan fingerprint density at radius 3 is 3.10 bits per heavy atom. The monoisotopic (exact) mass is 311 g/mol. The van der Waals surface area contributed by atoms with Crippen molar-refractivity contribution in [3.8, 4) is 5.75 Å². The Bertz CT molecular complexity index is 503. The molecule has 2 saturated heterocycles. The van der Waals surface area contributed by atoms with Gasteiger partial charge in [-0.05, 0) is 37.3 Å².